The molecule has 0 heterocycles. The zero-order valence-electron chi connectivity index (χ0n) is 17.6. The van der Waals surface area contributed by atoms with Crippen LogP contribution in [0, 0.1) is 6.92 Å². The third-order valence-electron chi connectivity index (χ3n) is 6.07. The molecule has 1 nitrogen and oxygen atoms in total. The van der Waals surface area contributed by atoms with Crippen molar-refractivity contribution >= 4 is 5.57 Å². The van der Waals surface area contributed by atoms with Crippen molar-refractivity contribution in [3.05, 3.63) is 88.2 Å². The molecule has 0 saturated carbocycles. The van der Waals surface area contributed by atoms with Crippen molar-refractivity contribution in [3.63, 3.8) is 0 Å². The molecule has 0 saturated heterocycles. The van der Waals surface area contributed by atoms with Gasteiger partial charge in [0.15, 0.2) is 0 Å². The first-order chi connectivity index (χ1) is 13.6. The van der Waals surface area contributed by atoms with Gasteiger partial charge in [0.05, 0.1) is 5.76 Å². The van der Waals surface area contributed by atoms with Gasteiger partial charge < -0.3 is 5.11 Å². The summed E-state index contributed by atoms with van der Waals surface area (Å²) in [4.78, 5) is 0. The van der Waals surface area contributed by atoms with E-state index in [1.165, 1.54) is 60.8 Å². The van der Waals surface area contributed by atoms with Crippen LogP contribution in [-0.2, 0) is 25.7 Å². The van der Waals surface area contributed by atoms with Gasteiger partial charge >= 0.3 is 0 Å². The molecule has 0 atom stereocenters. The van der Waals surface area contributed by atoms with E-state index in [0.717, 1.165) is 12.8 Å². The Hall–Kier alpha value is -2.28. The molecule has 0 unspecified atom stereocenters. The lowest BCUT2D eigenvalue weighted by Crippen LogP contribution is -2.00. The summed E-state index contributed by atoms with van der Waals surface area (Å²) in [6, 6.07) is 13.5. The van der Waals surface area contributed by atoms with Crippen LogP contribution >= 0.6 is 0 Å². The Labute approximate surface area is 170 Å². The fourth-order valence-electron chi connectivity index (χ4n) is 4.46. The molecule has 0 amide bonds. The molecule has 28 heavy (non-hydrogen) atoms. The smallest absolute Gasteiger partial charge is 0.0854 e. The summed E-state index contributed by atoms with van der Waals surface area (Å²) in [6.45, 7) is 7.93. The lowest BCUT2D eigenvalue weighted by atomic mass is 9.92. The number of aliphatic hydroxyl groups excluding tert-OH is 1. The van der Waals surface area contributed by atoms with Crippen LogP contribution < -0.4 is 0 Å². The van der Waals surface area contributed by atoms with Gasteiger partial charge in [0.25, 0.3) is 0 Å². The average molecular weight is 375 g/mol. The summed E-state index contributed by atoms with van der Waals surface area (Å²) in [5, 5.41) is 9.42. The Morgan fingerprint density at radius 2 is 1.57 bits per heavy atom. The minimum atomic E-state index is 0.296. The predicted molar refractivity (Wildman–Crippen MR) is 121 cm³/mol. The highest BCUT2D eigenvalue weighted by Crippen LogP contribution is 2.31. The van der Waals surface area contributed by atoms with Crippen molar-refractivity contribution in [2.75, 3.05) is 0 Å². The number of hydrogen-bond acceptors (Lipinski definition) is 1. The van der Waals surface area contributed by atoms with Gasteiger partial charge in [-0.3, -0.25) is 0 Å². The molecule has 0 aliphatic heterocycles. The molecule has 1 heteroatoms. The van der Waals surface area contributed by atoms with Crippen LogP contribution in [0.2, 0.25) is 0 Å². The average Bonchev–Trinajstić information content (AvgIpc) is 3.18. The molecule has 2 aromatic carbocycles. The quantitative estimate of drug-likeness (QED) is 0.360. The summed E-state index contributed by atoms with van der Waals surface area (Å²) in [6.07, 6.45) is 12.4. The van der Waals surface area contributed by atoms with Gasteiger partial charge in [-0.25, -0.2) is 0 Å². The molecule has 0 aromatic heterocycles. The molecule has 0 bridgehead atoms. The number of unbranched alkanes of at least 4 members (excludes halogenated alkanes) is 1. The number of rotatable bonds is 9. The fourth-order valence-corrected chi connectivity index (χ4v) is 4.46. The van der Waals surface area contributed by atoms with Crippen LogP contribution in [0.4, 0.5) is 0 Å². The van der Waals surface area contributed by atoms with Gasteiger partial charge in [-0.05, 0) is 98.6 Å². The fraction of sp³-hybridized carbons (Fsp3) is 0.407. The molecule has 1 N–H and O–H groups in total. The van der Waals surface area contributed by atoms with Crippen molar-refractivity contribution < 1.29 is 5.11 Å². The highest BCUT2D eigenvalue weighted by molar-refractivity contribution is 5.65. The van der Waals surface area contributed by atoms with Crippen molar-refractivity contribution in [3.8, 4) is 0 Å². The normalized spacial score (nSPS) is 13.6. The number of aryl methyl sites for hydroxylation is 3. The largest absolute Gasteiger partial charge is 0.513 e. The van der Waals surface area contributed by atoms with Gasteiger partial charge in [-0.15, -0.1) is 0 Å². The van der Waals surface area contributed by atoms with E-state index in [0.29, 0.717) is 12.2 Å². The Morgan fingerprint density at radius 3 is 2.18 bits per heavy atom. The standard InChI is InChI=1S/C27H34O/c1-4-22(23-15-12-20(2)13-16-23)8-5-6-9-24-18-19-25(17-14-21(3)28)27-11-7-10-26(24)27/h4,12-13,15-16,18-19,28H,3,5-11,14,17H2,1-2H3/b22-4-. The number of hydrogen-bond donors (Lipinski definition) is 1. The third kappa shape index (κ3) is 5.16. The first kappa shape index (κ1) is 20.5. The van der Waals surface area contributed by atoms with Crippen LogP contribution in [0.5, 0.6) is 0 Å². The lowest BCUT2D eigenvalue weighted by molar-refractivity contribution is 0.391. The van der Waals surface area contributed by atoms with Gasteiger partial charge in [-0.1, -0.05) is 54.6 Å². The molecule has 0 radical (unpaired) electrons. The summed E-state index contributed by atoms with van der Waals surface area (Å²) in [5.41, 5.74) is 10.3. The van der Waals surface area contributed by atoms with E-state index < -0.39 is 0 Å². The summed E-state index contributed by atoms with van der Waals surface area (Å²) in [7, 11) is 0. The molecular formula is C27H34O. The van der Waals surface area contributed by atoms with Gasteiger partial charge in [-0.2, -0.15) is 0 Å². The Kier molecular flexibility index (Phi) is 7.14. The molecule has 2 aromatic rings. The number of fused-ring (bicyclic) bond motifs is 1. The van der Waals surface area contributed by atoms with Crippen LogP contribution in [0.3, 0.4) is 0 Å². The second-order valence-electron chi connectivity index (χ2n) is 8.15. The molecule has 3 rings (SSSR count). The molecule has 0 fully saturated rings. The van der Waals surface area contributed by atoms with Gasteiger partial charge in [0, 0.05) is 6.42 Å². The van der Waals surface area contributed by atoms with Crippen LogP contribution in [-0.4, -0.2) is 5.11 Å². The monoisotopic (exact) mass is 374 g/mol. The van der Waals surface area contributed by atoms with Crippen LogP contribution in [0.1, 0.15) is 72.4 Å². The highest BCUT2D eigenvalue weighted by atomic mass is 16.3. The van der Waals surface area contributed by atoms with E-state index >= 15 is 0 Å². The summed E-state index contributed by atoms with van der Waals surface area (Å²) >= 11 is 0. The molecular weight excluding hydrogens is 340 g/mol. The number of benzene rings is 2. The van der Waals surface area contributed by atoms with Crippen molar-refractivity contribution in [1.29, 1.82) is 0 Å². The van der Waals surface area contributed by atoms with E-state index in [2.05, 4.69) is 62.9 Å². The van der Waals surface area contributed by atoms with E-state index in [-0.39, 0.29) is 0 Å². The second-order valence-corrected chi connectivity index (χ2v) is 8.15. The first-order valence-corrected chi connectivity index (χ1v) is 10.8. The Bertz CT molecular complexity index is 839. The lowest BCUT2D eigenvalue weighted by Gasteiger charge is -2.14. The maximum atomic E-state index is 9.42. The van der Waals surface area contributed by atoms with Crippen LogP contribution in [0.25, 0.3) is 5.57 Å². The third-order valence-corrected chi connectivity index (χ3v) is 6.07. The number of aliphatic hydroxyl groups is 1. The maximum Gasteiger partial charge on any atom is 0.0854 e. The summed E-state index contributed by atoms with van der Waals surface area (Å²) < 4.78 is 0. The van der Waals surface area contributed by atoms with Crippen LogP contribution in [0.15, 0.2) is 54.8 Å². The minimum Gasteiger partial charge on any atom is -0.513 e. The molecule has 148 valence electrons. The SMILES string of the molecule is C=C(O)CCc1ccc(CCCC/C(=C/C)c2ccc(C)cc2)c2c1CCC2. The Balaban J connectivity index is 1.57. The van der Waals surface area contributed by atoms with E-state index in [1.54, 1.807) is 16.7 Å². The highest BCUT2D eigenvalue weighted by Gasteiger charge is 2.18. The zero-order valence-corrected chi connectivity index (χ0v) is 17.6. The van der Waals surface area contributed by atoms with E-state index in [9.17, 15) is 5.11 Å². The van der Waals surface area contributed by atoms with Crippen molar-refractivity contribution in [2.24, 2.45) is 0 Å². The Morgan fingerprint density at radius 1 is 0.929 bits per heavy atom. The molecule has 0 spiro atoms. The molecule has 1 aliphatic carbocycles. The second kappa shape index (κ2) is 9.78. The topological polar surface area (TPSA) is 20.2 Å². The predicted octanol–water partition coefficient (Wildman–Crippen LogP) is 7.30. The zero-order chi connectivity index (χ0) is 19.9. The van der Waals surface area contributed by atoms with Crippen molar-refractivity contribution in [2.45, 2.75) is 71.6 Å². The maximum absolute atomic E-state index is 9.42. The first-order valence-electron chi connectivity index (χ1n) is 10.8. The van der Waals surface area contributed by atoms with E-state index in [4.69, 9.17) is 0 Å². The van der Waals surface area contributed by atoms with Gasteiger partial charge in [0.1, 0.15) is 0 Å². The summed E-state index contributed by atoms with van der Waals surface area (Å²) in [5.74, 6) is 0.296. The molecule has 1 aliphatic rings. The number of allylic oxidation sites excluding steroid dienone is 3. The van der Waals surface area contributed by atoms with Crippen molar-refractivity contribution in [1.82, 2.24) is 0 Å². The van der Waals surface area contributed by atoms with E-state index in [1.807, 2.05) is 0 Å². The minimum absolute atomic E-state index is 0.296. The van der Waals surface area contributed by atoms with Gasteiger partial charge in [0.2, 0.25) is 0 Å².